The smallest absolute Gasteiger partial charge is 0.297 e. The second-order valence-electron chi connectivity index (χ2n) is 22.6. The van der Waals surface area contributed by atoms with Crippen LogP contribution in [0.25, 0.3) is 11.0 Å². The van der Waals surface area contributed by atoms with Gasteiger partial charge in [0.2, 0.25) is 0 Å². The number of hydrogen-bond acceptors (Lipinski definition) is 15. The Balaban J connectivity index is 0.848. The summed E-state index contributed by atoms with van der Waals surface area (Å²) in [5.41, 5.74) is 2.68. The standard InChI is InChI=1S/C56H69FN8O10S/c1-35(2)39-7-4-5-8-40(39)41-9-6-10-46(41)64-33-56(34-64)17-19-63(20-18-56)37-11-12-42(48(27-37)75-50-30-43-44(57)31-58-52(43)60-54(50)73-26-23-62-21-24-72-25-22-62)53(66)61-76(70,71)38-28-47(65(68)69)51-49(29-38)74-32-45(59-51)36-13-15-55(3,67)16-14-36/h4-5,7-8,11-12,27-31,35-36,41,45-46,59,67H,6,9-10,13-26,32-34H2,1-3H3,(H,58,60)(H,61,66)/t36-,41-,45+,46-,55-/m0/s1. The average molecular weight is 1070 g/mol. The molecule has 1 spiro atoms. The van der Waals surface area contributed by atoms with Crippen LogP contribution >= 0.6 is 0 Å². The number of amides is 1. The minimum absolute atomic E-state index is 0.00213. The summed E-state index contributed by atoms with van der Waals surface area (Å²) in [4.78, 5) is 40.3. The van der Waals surface area contributed by atoms with Crippen LogP contribution in [-0.4, -0.2) is 134 Å². The van der Waals surface area contributed by atoms with E-state index in [0.29, 0.717) is 63.3 Å². The Labute approximate surface area is 442 Å². The van der Waals surface area contributed by atoms with Gasteiger partial charge in [-0.05, 0) is 105 Å². The van der Waals surface area contributed by atoms with Crippen LogP contribution in [0.5, 0.6) is 23.1 Å². The Hall–Kier alpha value is -6.06. The molecule has 76 heavy (non-hydrogen) atoms. The number of fused-ring (bicyclic) bond motifs is 2. The van der Waals surface area contributed by atoms with Crippen molar-refractivity contribution in [3.63, 3.8) is 0 Å². The highest BCUT2D eigenvalue weighted by Gasteiger charge is 2.50. The summed E-state index contributed by atoms with van der Waals surface area (Å²) in [5, 5.41) is 26.4. The highest BCUT2D eigenvalue weighted by molar-refractivity contribution is 7.90. The number of nitrogens with zero attached hydrogens (tertiary/aromatic N) is 5. The van der Waals surface area contributed by atoms with Crippen molar-refractivity contribution in [1.29, 1.82) is 0 Å². The molecule has 6 heterocycles. The van der Waals surface area contributed by atoms with Gasteiger partial charge < -0.3 is 39.3 Å². The van der Waals surface area contributed by atoms with Crippen molar-refractivity contribution in [3.8, 4) is 23.1 Å². The molecule has 5 fully saturated rings. The number of hydrogen-bond donors (Lipinski definition) is 4. The van der Waals surface area contributed by atoms with E-state index in [4.69, 9.17) is 18.9 Å². The molecular weight excluding hydrogens is 996 g/mol. The first-order valence-electron chi connectivity index (χ1n) is 27.0. The van der Waals surface area contributed by atoms with E-state index in [1.807, 2.05) is 0 Å². The molecule has 0 unspecified atom stereocenters. The molecule has 0 radical (unpaired) electrons. The number of piperidine rings is 1. The normalized spacial score (nSPS) is 24.9. The van der Waals surface area contributed by atoms with Crippen molar-refractivity contribution >= 4 is 44.0 Å². The fourth-order valence-electron chi connectivity index (χ4n) is 12.8. The third-order valence-electron chi connectivity index (χ3n) is 17.2. The monoisotopic (exact) mass is 1060 g/mol. The minimum atomic E-state index is -4.78. The van der Waals surface area contributed by atoms with Crippen LogP contribution in [-0.2, 0) is 14.8 Å². The molecule has 4 aliphatic heterocycles. The summed E-state index contributed by atoms with van der Waals surface area (Å²) in [7, 11) is -4.78. The zero-order valence-electron chi connectivity index (χ0n) is 43.5. The van der Waals surface area contributed by atoms with Crippen molar-refractivity contribution in [1.82, 2.24) is 24.5 Å². The second kappa shape index (κ2) is 21.1. The molecule has 20 heteroatoms. The zero-order chi connectivity index (χ0) is 52.9. The van der Waals surface area contributed by atoms with E-state index in [2.05, 4.69) is 72.8 Å². The maximum atomic E-state index is 15.2. The molecular formula is C56H69FN8O10S. The van der Waals surface area contributed by atoms with Gasteiger partial charge in [0.15, 0.2) is 17.2 Å². The quantitative estimate of drug-likeness (QED) is 0.0570. The number of H-pyrrole nitrogens is 1. The van der Waals surface area contributed by atoms with Crippen LogP contribution in [0.1, 0.15) is 112 Å². The predicted octanol–water partition coefficient (Wildman–Crippen LogP) is 8.71. The number of rotatable bonds is 15. The number of anilines is 2. The van der Waals surface area contributed by atoms with Gasteiger partial charge in [-0.15, -0.1) is 0 Å². The molecule has 4 N–H and O–H groups in total. The second-order valence-corrected chi connectivity index (χ2v) is 24.3. The van der Waals surface area contributed by atoms with Crippen LogP contribution in [0.3, 0.4) is 0 Å². The highest BCUT2D eigenvalue weighted by Crippen LogP contribution is 2.50. The van der Waals surface area contributed by atoms with Crippen LogP contribution < -0.4 is 29.1 Å². The van der Waals surface area contributed by atoms with Gasteiger partial charge in [-0.3, -0.25) is 24.7 Å². The Morgan fingerprint density at radius 1 is 1.00 bits per heavy atom. The fraction of sp³-hybridized carbons (Fsp3) is 0.536. The lowest BCUT2D eigenvalue weighted by atomic mass is 9.70. The first-order chi connectivity index (χ1) is 36.5. The lowest BCUT2D eigenvalue weighted by Gasteiger charge is -2.57. The van der Waals surface area contributed by atoms with Crippen molar-refractivity contribution in [2.45, 2.75) is 113 Å². The third-order valence-corrected chi connectivity index (χ3v) is 18.5. The number of aromatic amines is 1. The Morgan fingerprint density at radius 3 is 2.51 bits per heavy atom. The van der Waals surface area contributed by atoms with Gasteiger partial charge in [0.05, 0.1) is 45.6 Å². The van der Waals surface area contributed by atoms with E-state index in [0.717, 1.165) is 63.9 Å². The van der Waals surface area contributed by atoms with Gasteiger partial charge in [-0.1, -0.05) is 44.5 Å². The van der Waals surface area contributed by atoms with Crippen molar-refractivity contribution in [2.24, 2.45) is 11.3 Å². The summed E-state index contributed by atoms with van der Waals surface area (Å²) in [6.45, 7) is 13.5. The van der Waals surface area contributed by atoms with E-state index in [1.54, 1.807) is 19.1 Å². The van der Waals surface area contributed by atoms with Crippen molar-refractivity contribution in [3.05, 3.63) is 99.5 Å². The van der Waals surface area contributed by atoms with Crippen LogP contribution in [0.15, 0.2) is 71.8 Å². The predicted molar refractivity (Wildman–Crippen MR) is 285 cm³/mol. The minimum Gasteiger partial charge on any atom is -0.489 e. The molecule has 2 saturated carbocycles. The molecule has 1 amide bonds. The lowest BCUT2D eigenvalue weighted by Crippen LogP contribution is -2.63. The molecule has 3 saturated heterocycles. The van der Waals surface area contributed by atoms with E-state index in [-0.39, 0.29) is 76.0 Å². The number of benzene rings is 3. The molecule has 3 aromatic carbocycles. The fourth-order valence-corrected chi connectivity index (χ4v) is 13.8. The van der Waals surface area contributed by atoms with Gasteiger partial charge in [0, 0.05) is 88.0 Å². The molecule has 406 valence electrons. The van der Waals surface area contributed by atoms with Gasteiger partial charge >= 0.3 is 0 Å². The molecule has 3 atom stereocenters. The van der Waals surface area contributed by atoms with Crippen molar-refractivity contribution in [2.75, 3.05) is 82.5 Å². The van der Waals surface area contributed by atoms with E-state index >= 15 is 4.39 Å². The number of sulfonamides is 1. The summed E-state index contributed by atoms with van der Waals surface area (Å²) >= 11 is 0. The number of nitro groups is 1. The van der Waals surface area contributed by atoms with Gasteiger partial charge in [0.25, 0.3) is 27.5 Å². The van der Waals surface area contributed by atoms with Crippen LogP contribution in [0.4, 0.5) is 21.5 Å². The number of ether oxygens (including phenoxy) is 4. The topological polar surface area (TPSA) is 214 Å². The lowest BCUT2D eigenvalue weighted by molar-refractivity contribution is -0.384. The van der Waals surface area contributed by atoms with Gasteiger partial charge in [-0.2, -0.15) is 4.98 Å². The molecule has 2 aromatic heterocycles. The Kier molecular flexibility index (Phi) is 14.4. The van der Waals surface area contributed by atoms with Gasteiger partial charge in [0.1, 0.15) is 30.4 Å². The summed E-state index contributed by atoms with van der Waals surface area (Å²) in [6.07, 6.45) is 9.28. The van der Waals surface area contributed by atoms with E-state index in [1.165, 1.54) is 54.8 Å². The number of nitro benzene ring substituents is 1. The SMILES string of the molecule is CC(C)c1ccccc1[C@@H]1CCC[C@@H]1N1CC2(CCN(c3ccc(C(=O)NS(=O)(=O)c4cc5c(c([N+](=O)[O-])c4)N[C@@H]([C@H]4CC[C@](C)(O)CC4)CO5)c(Oc4cc5c(F)c[nH]c5nc4OCCN4CCOCC4)c3)CC2)C1. The number of likely N-dealkylation sites (tertiary alicyclic amines) is 1. The van der Waals surface area contributed by atoms with Crippen LogP contribution in [0, 0.1) is 27.3 Å². The molecule has 0 bridgehead atoms. The largest absolute Gasteiger partial charge is 0.489 e. The number of morpholine rings is 1. The number of carbonyl (C=O) groups is 1. The first kappa shape index (κ1) is 52.0. The van der Waals surface area contributed by atoms with Crippen molar-refractivity contribution < 1.29 is 46.6 Å². The molecule has 11 rings (SSSR count). The Morgan fingerprint density at radius 2 is 1.76 bits per heavy atom. The third kappa shape index (κ3) is 10.7. The maximum Gasteiger partial charge on any atom is 0.297 e. The maximum absolute atomic E-state index is 15.2. The van der Waals surface area contributed by atoms with E-state index < -0.39 is 42.9 Å². The average Bonchev–Trinajstić information content (AvgIpc) is 4.07. The number of aliphatic hydroxyl groups is 1. The van der Waals surface area contributed by atoms with Crippen LogP contribution in [0.2, 0.25) is 0 Å². The summed E-state index contributed by atoms with van der Waals surface area (Å²) < 4.78 is 70.1. The number of carbonyl (C=O) groups excluding carboxylic acids is 1. The molecule has 2 aliphatic carbocycles. The summed E-state index contributed by atoms with van der Waals surface area (Å²) in [5.74, 6) is -0.617. The molecule has 6 aliphatic rings. The zero-order valence-corrected chi connectivity index (χ0v) is 44.3. The number of pyridine rings is 1. The number of aromatic nitrogens is 2. The number of nitrogens with one attached hydrogen (secondary N) is 3. The summed E-state index contributed by atoms with van der Waals surface area (Å²) in [6, 6.07) is 17.6. The van der Waals surface area contributed by atoms with Gasteiger partial charge in [-0.25, -0.2) is 17.5 Å². The van der Waals surface area contributed by atoms with E-state index in [9.17, 15) is 28.4 Å². The molecule has 18 nitrogen and oxygen atoms in total. The highest BCUT2D eigenvalue weighted by atomic mass is 32.2. The first-order valence-corrected chi connectivity index (χ1v) is 28.5. The Bertz CT molecular complexity index is 3080. The number of halogens is 1. The molecule has 5 aromatic rings.